The summed E-state index contributed by atoms with van der Waals surface area (Å²) in [6.45, 7) is 4.88. The number of benzene rings is 1. The number of amides is 1. The number of carbonyl (C=O) groups excluding carboxylic acids is 1. The van der Waals surface area contributed by atoms with E-state index in [4.69, 9.17) is 4.74 Å². The molecule has 0 unspecified atom stereocenters. The molecule has 2 aliphatic rings. The third kappa shape index (κ3) is 3.11. The molecule has 7 heteroatoms. The molecule has 0 bridgehead atoms. The molecule has 0 spiro atoms. The molecule has 1 saturated heterocycles. The van der Waals surface area contributed by atoms with Crippen molar-refractivity contribution >= 4 is 22.5 Å². The lowest BCUT2D eigenvalue weighted by Crippen LogP contribution is -2.40. The van der Waals surface area contributed by atoms with Crippen molar-refractivity contribution in [1.29, 1.82) is 0 Å². The predicted octanol–water partition coefficient (Wildman–Crippen LogP) is 2.31. The maximum Gasteiger partial charge on any atom is 0.274 e. The normalized spacial score (nSPS) is 17.4. The van der Waals surface area contributed by atoms with Crippen LogP contribution in [0.1, 0.15) is 22.6 Å². The van der Waals surface area contributed by atoms with Gasteiger partial charge in [0.25, 0.3) is 5.91 Å². The van der Waals surface area contributed by atoms with Crippen molar-refractivity contribution < 1.29 is 9.53 Å². The number of morpholine rings is 1. The Morgan fingerprint density at radius 3 is 2.79 bits per heavy atom. The van der Waals surface area contributed by atoms with E-state index >= 15 is 0 Å². The number of ether oxygens (including phenoxy) is 1. The number of rotatable bonds is 2. The van der Waals surface area contributed by atoms with Gasteiger partial charge in [-0.15, -0.1) is 0 Å². The molecule has 144 valence electrons. The van der Waals surface area contributed by atoms with E-state index in [0.29, 0.717) is 38.5 Å². The fourth-order valence-corrected chi connectivity index (χ4v) is 4.03. The highest BCUT2D eigenvalue weighted by molar-refractivity contribution is 5.93. The van der Waals surface area contributed by atoms with Crippen LogP contribution in [0.25, 0.3) is 10.8 Å². The number of nitrogens with zero attached hydrogens (tertiary/aromatic N) is 5. The van der Waals surface area contributed by atoms with Gasteiger partial charge in [0.05, 0.1) is 25.5 Å². The van der Waals surface area contributed by atoms with Crippen LogP contribution in [0, 0.1) is 0 Å². The van der Waals surface area contributed by atoms with E-state index in [-0.39, 0.29) is 5.91 Å². The first kappa shape index (κ1) is 17.2. The average molecular weight is 377 g/mol. The first-order chi connectivity index (χ1) is 13.8. The van der Waals surface area contributed by atoms with Gasteiger partial charge in [0.15, 0.2) is 5.69 Å². The lowest BCUT2D eigenvalue weighted by atomic mass is 10.1. The lowest BCUT2D eigenvalue weighted by Gasteiger charge is -2.26. The highest BCUT2D eigenvalue weighted by atomic mass is 16.5. The standard InChI is InChI=1S/C21H23N5O2/c27-21(24-10-12-28-13-11-24)19-14-17-15-25(8-3-9-26(17)23-19)20-18-5-2-1-4-16(18)6-7-22-20/h1-2,4-7,14H,3,8-13,15H2. The Morgan fingerprint density at radius 2 is 1.89 bits per heavy atom. The number of hydrogen-bond donors (Lipinski definition) is 0. The Kier molecular flexibility index (Phi) is 4.44. The van der Waals surface area contributed by atoms with Crippen molar-refractivity contribution in [3.05, 3.63) is 54.0 Å². The van der Waals surface area contributed by atoms with Crippen LogP contribution < -0.4 is 4.90 Å². The number of anilines is 1. The highest BCUT2D eigenvalue weighted by Crippen LogP contribution is 2.27. The van der Waals surface area contributed by atoms with Gasteiger partial charge in [-0.25, -0.2) is 4.98 Å². The van der Waals surface area contributed by atoms with Gasteiger partial charge >= 0.3 is 0 Å². The predicted molar refractivity (Wildman–Crippen MR) is 106 cm³/mol. The summed E-state index contributed by atoms with van der Waals surface area (Å²) < 4.78 is 7.33. The number of aryl methyl sites for hydroxylation is 1. The lowest BCUT2D eigenvalue weighted by molar-refractivity contribution is 0.0298. The minimum atomic E-state index is -0.00120. The van der Waals surface area contributed by atoms with Gasteiger partial charge in [-0.2, -0.15) is 5.10 Å². The number of pyridine rings is 1. The van der Waals surface area contributed by atoms with Crippen molar-refractivity contribution in [2.75, 3.05) is 37.7 Å². The van der Waals surface area contributed by atoms with E-state index in [2.05, 4.69) is 33.2 Å². The Morgan fingerprint density at radius 1 is 1.04 bits per heavy atom. The summed E-state index contributed by atoms with van der Waals surface area (Å²) >= 11 is 0. The van der Waals surface area contributed by atoms with Gasteiger partial charge in [0.1, 0.15) is 5.82 Å². The summed E-state index contributed by atoms with van der Waals surface area (Å²) in [7, 11) is 0. The summed E-state index contributed by atoms with van der Waals surface area (Å²) in [6.07, 6.45) is 2.83. The van der Waals surface area contributed by atoms with E-state index in [1.165, 1.54) is 5.39 Å². The van der Waals surface area contributed by atoms with Gasteiger partial charge in [-0.3, -0.25) is 9.48 Å². The van der Waals surface area contributed by atoms with E-state index < -0.39 is 0 Å². The van der Waals surface area contributed by atoms with Crippen LogP contribution in [-0.2, 0) is 17.8 Å². The zero-order valence-electron chi connectivity index (χ0n) is 15.8. The molecular weight excluding hydrogens is 354 g/mol. The number of carbonyl (C=O) groups is 1. The quantitative estimate of drug-likeness (QED) is 0.686. The van der Waals surface area contributed by atoms with Crippen LogP contribution in [-0.4, -0.2) is 58.4 Å². The van der Waals surface area contributed by atoms with Crippen molar-refractivity contribution in [3.63, 3.8) is 0 Å². The van der Waals surface area contributed by atoms with Crippen LogP contribution >= 0.6 is 0 Å². The SMILES string of the molecule is O=C(c1cc2n(n1)CCCN(c1nccc3ccccc13)C2)N1CCOCC1. The second-order valence-corrected chi connectivity index (χ2v) is 7.28. The van der Waals surface area contributed by atoms with Gasteiger partial charge in [0, 0.05) is 37.8 Å². The Bertz CT molecular complexity index is 1000. The fourth-order valence-electron chi connectivity index (χ4n) is 4.03. The summed E-state index contributed by atoms with van der Waals surface area (Å²) in [4.78, 5) is 21.6. The molecule has 2 aromatic heterocycles. The molecule has 7 nitrogen and oxygen atoms in total. The number of fused-ring (bicyclic) bond motifs is 2. The Hall–Kier alpha value is -2.93. The summed E-state index contributed by atoms with van der Waals surface area (Å²) in [6, 6.07) is 12.3. The zero-order chi connectivity index (χ0) is 18.9. The molecule has 4 heterocycles. The number of aromatic nitrogens is 3. The van der Waals surface area contributed by atoms with Crippen LogP contribution in [0.15, 0.2) is 42.6 Å². The van der Waals surface area contributed by atoms with E-state index in [9.17, 15) is 4.79 Å². The smallest absolute Gasteiger partial charge is 0.274 e. The minimum Gasteiger partial charge on any atom is -0.378 e. The molecule has 0 saturated carbocycles. The second-order valence-electron chi connectivity index (χ2n) is 7.28. The van der Waals surface area contributed by atoms with Crippen LogP contribution in [0.5, 0.6) is 0 Å². The zero-order valence-corrected chi connectivity index (χ0v) is 15.8. The topological polar surface area (TPSA) is 63.5 Å². The van der Waals surface area contributed by atoms with Gasteiger partial charge in [0.2, 0.25) is 0 Å². The highest BCUT2D eigenvalue weighted by Gasteiger charge is 2.25. The first-order valence-corrected chi connectivity index (χ1v) is 9.82. The van der Waals surface area contributed by atoms with E-state index in [1.54, 1.807) is 0 Å². The molecule has 3 aromatic rings. The third-order valence-corrected chi connectivity index (χ3v) is 5.48. The third-order valence-electron chi connectivity index (χ3n) is 5.48. The Labute approximate surface area is 163 Å². The maximum atomic E-state index is 12.8. The average Bonchev–Trinajstić information content (AvgIpc) is 3.05. The Balaban J connectivity index is 1.44. The van der Waals surface area contributed by atoms with Crippen molar-refractivity contribution in [2.45, 2.75) is 19.5 Å². The molecule has 2 aliphatic heterocycles. The van der Waals surface area contributed by atoms with Crippen LogP contribution in [0.3, 0.4) is 0 Å². The summed E-state index contributed by atoms with van der Waals surface area (Å²) in [5.41, 5.74) is 1.59. The molecule has 5 rings (SSSR count). The van der Waals surface area contributed by atoms with Crippen molar-refractivity contribution in [1.82, 2.24) is 19.7 Å². The molecular formula is C21H23N5O2. The largest absolute Gasteiger partial charge is 0.378 e. The summed E-state index contributed by atoms with van der Waals surface area (Å²) in [5, 5.41) is 6.96. The van der Waals surface area contributed by atoms with Gasteiger partial charge in [-0.05, 0) is 23.9 Å². The fraction of sp³-hybridized carbons (Fsp3) is 0.381. The monoisotopic (exact) mass is 377 g/mol. The molecule has 1 aromatic carbocycles. The minimum absolute atomic E-state index is 0.00120. The van der Waals surface area contributed by atoms with E-state index in [1.807, 2.05) is 34.0 Å². The molecule has 0 N–H and O–H groups in total. The molecule has 1 fully saturated rings. The van der Waals surface area contributed by atoms with Crippen LogP contribution in [0.4, 0.5) is 5.82 Å². The number of hydrogen-bond acceptors (Lipinski definition) is 5. The molecule has 0 atom stereocenters. The molecule has 0 aliphatic carbocycles. The van der Waals surface area contributed by atoms with E-state index in [0.717, 1.165) is 36.4 Å². The first-order valence-electron chi connectivity index (χ1n) is 9.82. The molecule has 28 heavy (non-hydrogen) atoms. The van der Waals surface area contributed by atoms with Gasteiger partial charge < -0.3 is 14.5 Å². The van der Waals surface area contributed by atoms with Crippen molar-refractivity contribution in [3.8, 4) is 0 Å². The van der Waals surface area contributed by atoms with Crippen molar-refractivity contribution in [2.24, 2.45) is 0 Å². The second kappa shape index (κ2) is 7.24. The molecule has 0 radical (unpaired) electrons. The maximum absolute atomic E-state index is 12.8. The molecule has 1 amide bonds. The van der Waals surface area contributed by atoms with Crippen LogP contribution in [0.2, 0.25) is 0 Å². The van der Waals surface area contributed by atoms with Gasteiger partial charge in [-0.1, -0.05) is 24.3 Å². The summed E-state index contributed by atoms with van der Waals surface area (Å²) in [5.74, 6) is 0.993.